The highest BCUT2D eigenvalue weighted by molar-refractivity contribution is 5.92. The standard InChI is InChI=1S/C18H29N3O2/c1-4-21(14(2)3)17-7-5-15(6-8-17)19-18(23)13-20(11-12-22)16-9-10-16/h5-8,14,16,22H,4,9-13H2,1-3H3,(H,19,23). The normalized spacial score (nSPS) is 14.3. The van der Waals surface area contributed by atoms with Crippen molar-refractivity contribution in [1.29, 1.82) is 0 Å². The Morgan fingerprint density at radius 2 is 1.96 bits per heavy atom. The molecule has 1 aliphatic rings. The van der Waals surface area contributed by atoms with E-state index in [2.05, 4.69) is 35.9 Å². The first kappa shape index (κ1) is 17.8. The molecule has 1 fully saturated rings. The van der Waals surface area contributed by atoms with Crippen molar-refractivity contribution in [2.45, 2.75) is 45.7 Å². The van der Waals surface area contributed by atoms with Gasteiger partial charge < -0.3 is 15.3 Å². The summed E-state index contributed by atoms with van der Waals surface area (Å²) < 4.78 is 0. The first-order chi connectivity index (χ1) is 11.0. The Morgan fingerprint density at radius 3 is 2.43 bits per heavy atom. The molecule has 5 nitrogen and oxygen atoms in total. The van der Waals surface area contributed by atoms with Gasteiger partial charge in [-0.2, -0.15) is 0 Å². The van der Waals surface area contributed by atoms with Crippen LogP contribution in [0.1, 0.15) is 33.6 Å². The van der Waals surface area contributed by atoms with Crippen LogP contribution in [0.25, 0.3) is 0 Å². The Bertz CT molecular complexity index is 497. The zero-order valence-electron chi connectivity index (χ0n) is 14.5. The van der Waals surface area contributed by atoms with E-state index in [-0.39, 0.29) is 12.5 Å². The topological polar surface area (TPSA) is 55.8 Å². The molecule has 0 heterocycles. The van der Waals surface area contributed by atoms with Crippen LogP contribution in [0.3, 0.4) is 0 Å². The third kappa shape index (κ3) is 5.22. The number of hydrogen-bond donors (Lipinski definition) is 2. The Labute approximate surface area is 139 Å². The number of nitrogens with one attached hydrogen (secondary N) is 1. The van der Waals surface area contributed by atoms with Gasteiger partial charge in [-0.05, 0) is 57.9 Å². The van der Waals surface area contributed by atoms with Crippen molar-refractivity contribution in [3.63, 3.8) is 0 Å². The van der Waals surface area contributed by atoms with E-state index in [1.165, 1.54) is 5.69 Å². The lowest BCUT2D eigenvalue weighted by atomic mass is 10.2. The molecule has 1 saturated carbocycles. The Hall–Kier alpha value is -1.59. The molecular formula is C18H29N3O2. The highest BCUT2D eigenvalue weighted by Gasteiger charge is 2.29. The van der Waals surface area contributed by atoms with Gasteiger partial charge in [0.15, 0.2) is 0 Å². The second-order valence-corrected chi connectivity index (χ2v) is 6.40. The summed E-state index contributed by atoms with van der Waals surface area (Å²) in [4.78, 5) is 16.5. The number of aliphatic hydroxyl groups excluding tert-OH is 1. The van der Waals surface area contributed by atoms with Crippen LogP contribution in [0.5, 0.6) is 0 Å². The van der Waals surface area contributed by atoms with Crippen LogP contribution in [-0.2, 0) is 4.79 Å². The fraction of sp³-hybridized carbons (Fsp3) is 0.611. The summed E-state index contributed by atoms with van der Waals surface area (Å²) in [7, 11) is 0. The summed E-state index contributed by atoms with van der Waals surface area (Å²) in [6, 6.07) is 8.92. The van der Waals surface area contributed by atoms with E-state index < -0.39 is 0 Å². The maximum atomic E-state index is 12.2. The molecule has 1 aromatic carbocycles. The van der Waals surface area contributed by atoms with Crippen molar-refractivity contribution in [3.8, 4) is 0 Å². The molecule has 0 aliphatic heterocycles. The molecule has 128 valence electrons. The van der Waals surface area contributed by atoms with Gasteiger partial charge in [-0.15, -0.1) is 0 Å². The zero-order valence-corrected chi connectivity index (χ0v) is 14.5. The van der Waals surface area contributed by atoms with Crippen molar-refractivity contribution in [2.24, 2.45) is 0 Å². The minimum absolute atomic E-state index is 0.0192. The fourth-order valence-corrected chi connectivity index (χ4v) is 2.93. The molecule has 0 aromatic heterocycles. The van der Waals surface area contributed by atoms with E-state index in [0.29, 0.717) is 25.2 Å². The number of aliphatic hydroxyl groups is 1. The molecule has 0 radical (unpaired) electrons. The first-order valence-electron chi connectivity index (χ1n) is 8.56. The highest BCUT2D eigenvalue weighted by atomic mass is 16.3. The summed E-state index contributed by atoms with van der Waals surface area (Å²) >= 11 is 0. The smallest absolute Gasteiger partial charge is 0.238 e. The van der Waals surface area contributed by atoms with Crippen molar-refractivity contribution < 1.29 is 9.90 Å². The van der Waals surface area contributed by atoms with Crippen LogP contribution in [0, 0.1) is 0 Å². The molecule has 1 aromatic rings. The largest absolute Gasteiger partial charge is 0.395 e. The van der Waals surface area contributed by atoms with E-state index in [4.69, 9.17) is 5.11 Å². The molecule has 5 heteroatoms. The Kier molecular flexibility index (Phi) is 6.42. The lowest BCUT2D eigenvalue weighted by Gasteiger charge is -2.27. The van der Waals surface area contributed by atoms with Gasteiger partial charge in [0.05, 0.1) is 13.2 Å². The number of carbonyl (C=O) groups excluding carboxylic acids is 1. The molecule has 1 aliphatic carbocycles. The monoisotopic (exact) mass is 319 g/mol. The molecule has 2 rings (SSSR count). The quantitative estimate of drug-likeness (QED) is 0.733. The summed E-state index contributed by atoms with van der Waals surface area (Å²) in [6.07, 6.45) is 2.26. The van der Waals surface area contributed by atoms with Crippen LogP contribution in [0.4, 0.5) is 11.4 Å². The van der Waals surface area contributed by atoms with Crippen molar-refractivity contribution in [1.82, 2.24) is 4.90 Å². The number of benzene rings is 1. The summed E-state index contributed by atoms with van der Waals surface area (Å²) in [5.41, 5.74) is 1.98. The zero-order chi connectivity index (χ0) is 16.8. The molecule has 0 saturated heterocycles. The second-order valence-electron chi connectivity index (χ2n) is 6.40. The molecule has 23 heavy (non-hydrogen) atoms. The average molecular weight is 319 g/mol. The third-order valence-corrected chi connectivity index (χ3v) is 4.24. The Morgan fingerprint density at radius 1 is 1.30 bits per heavy atom. The molecule has 0 spiro atoms. The number of rotatable bonds is 9. The Balaban J connectivity index is 1.90. The number of amides is 1. The highest BCUT2D eigenvalue weighted by Crippen LogP contribution is 2.26. The predicted molar refractivity (Wildman–Crippen MR) is 94.9 cm³/mol. The number of nitrogens with zero attached hydrogens (tertiary/aromatic N) is 2. The van der Waals surface area contributed by atoms with E-state index in [9.17, 15) is 4.79 Å². The summed E-state index contributed by atoms with van der Waals surface area (Å²) in [5, 5.41) is 12.0. The molecule has 0 bridgehead atoms. The molecule has 2 N–H and O–H groups in total. The lowest BCUT2D eigenvalue weighted by molar-refractivity contribution is -0.117. The van der Waals surface area contributed by atoms with Crippen LogP contribution in [0.15, 0.2) is 24.3 Å². The van der Waals surface area contributed by atoms with E-state index in [0.717, 1.165) is 25.1 Å². The summed E-state index contributed by atoms with van der Waals surface area (Å²) in [6.45, 7) is 8.46. The maximum absolute atomic E-state index is 12.2. The molecule has 1 amide bonds. The SMILES string of the molecule is CCN(c1ccc(NC(=O)CN(CCO)C2CC2)cc1)C(C)C. The maximum Gasteiger partial charge on any atom is 0.238 e. The van der Waals surface area contributed by atoms with Gasteiger partial charge in [0.1, 0.15) is 0 Å². The van der Waals surface area contributed by atoms with Gasteiger partial charge in [0.25, 0.3) is 0 Å². The number of anilines is 2. The molecule has 0 atom stereocenters. The van der Waals surface area contributed by atoms with E-state index in [1.54, 1.807) is 0 Å². The number of carbonyl (C=O) groups is 1. The summed E-state index contributed by atoms with van der Waals surface area (Å²) in [5.74, 6) is -0.0192. The molecule has 0 unspecified atom stereocenters. The minimum Gasteiger partial charge on any atom is -0.395 e. The van der Waals surface area contributed by atoms with Crippen molar-refractivity contribution in [2.75, 3.05) is 36.5 Å². The van der Waals surface area contributed by atoms with Gasteiger partial charge in [-0.25, -0.2) is 0 Å². The van der Waals surface area contributed by atoms with E-state index >= 15 is 0 Å². The van der Waals surface area contributed by atoms with Crippen LogP contribution in [0.2, 0.25) is 0 Å². The predicted octanol–water partition coefficient (Wildman–Crippen LogP) is 2.32. The number of hydrogen-bond acceptors (Lipinski definition) is 4. The van der Waals surface area contributed by atoms with Crippen LogP contribution in [-0.4, -0.2) is 54.2 Å². The first-order valence-corrected chi connectivity index (χ1v) is 8.56. The average Bonchev–Trinajstić information content (AvgIpc) is 3.33. The van der Waals surface area contributed by atoms with Gasteiger partial charge in [0, 0.05) is 36.5 Å². The van der Waals surface area contributed by atoms with Gasteiger partial charge in [-0.3, -0.25) is 9.69 Å². The van der Waals surface area contributed by atoms with Crippen LogP contribution >= 0.6 is 0 Å². The third-order valence-electron chi connectivity index (χ3n) is 4.24. The van der Waals surface area contributed by atoms with Crippen LogP contribution < -0.4 is 10.2 Å². The lowest BCUT2D eigenvalue weighted by Crippen LogP contribution is -2.36. The van der Waals surface area contributed by atoms with Crippen molar-refractivity contribution >= 4 is 17.3 Å². The van der Waals surface area contributed by atoms with Gasteiger partial charge >= 0.3 is 0 Å². The minimum atomic E-state index is -0.0192. The van der Waals surface area contributed by atoms with Gasteiger partial charge in [0.2, 0.25) is 5.91 Å². The van der Waals surface area contributed by atoms with E-state index in [1.807, 2.05) is 24.3 Å². The van der Waals surface area contributed by atoms with Crippen molar-refractivity contribution in [3.05, 3.63) is 24.3 Å². The fourth-order valence-electron chi connectivity index (χ4n) is 2.93. The second kappa shape index (κ2) is 8.31. The van der Waals surface area contributed by atoms with Gasteiger partial charge in [-0.1, -0.05) is 0 Å². The molecular weight excluding hydrogens is 290 g/mol.